The molecule has 0 spiro atoms. The Kier molecular flexibility index (Phi) is 4.56. The van der Waals surface area contributed by atoms with Gasteiger partial charge in [-0.2, -0.15) is 0 Å². The summed E-state index contributed by atoms with van der Waals surface area (Å²) in [6, 6.07) is 9.94. The molecule has 0 aromatic heterocycles. The van der Waals surface area contributed by atoms with Crippen LogP contribution < -0.4 is 11.5 Å². The number of carbonyl (C=O) groups excluding carboxylic acids is 1. The Hall–Kier alpha value is -1.39. The van der Waals surface area contributed by atoms with Crippen LogP contribution in [0.2, 0.25) is 0 Å². The number of nitrogens with zero attached hydrogens (tertiary/aromatic N) is 1. The van der Waals surface area contributed by atoms with Crippen molar-refractivity contribution in [2.24, 2.45) is 11.5 Å². The van der Waals surface area contributed by atoms with Crippen molar-refractivity contribution in [1.82, 2.24) is 4.90 Å². The minimum absolute atomic E-state index is 0.197. The molecule has 0 saturated carbocycles. The van der Waals surface area contributed by atoms with Crippen LogP contribution in [0.3, 0.4) is 0 Å². The first-order valence-electron chi connectivity index (χ1n) is 6.97. The Bertz CT molecular complexity index is 411. The van der Waals surface area contributed by atoms with Crippen LogP contribution in [0.4, 0.5) is 0 Å². The van der Waals surface area contributed by atoms with Crippen molar-refractivity contribution in [2.75, 3.05) is 26.2 Å². The Labute approximate surface area is 114 Å². The van der Waals surface area contributed by atoms with Gasteiger partial charge in [0.25, 0.3) is 0 Å². The molecule has 0 aliphatic carbocycles. The molecular formula is C15H23N3O. The van der Waals surface area contributed by atoms with Crippen LogP contribution in [0.5, 0.6) is 0 Å². The number of piperidine rings is 1. The molecule has 1 aromatic rings. The molecule has 1 saturated heterocycles. The maximum atomic E-state index is 12.0. The molecule has 1 aromatic carbocycles. The smallest absolute Gasteiger partial charge is 0.228 e. The van der Waals surface area contributed by atoms with Gasteiger partial charge in [0.2, 0.25) is 5.91 Å². The van der Waals surface area contributed by atoms with Crippen molar-refractivity contribution in [3.63, 3.8) is 0 Å². The average molecular weight is 261 g/mol. The number of amides is 1. The number of hydrogen-bond acceptors (Lipinski definition) is 3. The molecule has 1 heterocycles. The zero-order valence-corrected chi connectivity index (χ0v) is 11.3. The molecule has 0 bridgehead atoms. The third kappa shape index (κ3) is 2.96. The first-order chi connectivity index (χ1) is 9.19. The molecule has 1 aliphatic heterocycles. The van der Waals surface area contributed by atoms with Gasteiger partial charge >= 0.3 is 0 Å². The third-order valence-corrected chi connectivity index (χ3v) is 4.19. The van der Waals surface area contributed by atoms with E-state index in [2.05, 4.69) is 4.90 Å². The number of benzene rings is 1. The van der Waals surface area contributed by atoms with Crippen LogP contribution in [-0.4, -0.2) is 37.0 Å². The highest BCUT2D eigenvalue weighted by atomic mass is 16.1. The first kappa shape index (κ1) is 14.0. The monoisotopic (exact) mass is 261 g/mol. The zero-order valence-electron chi connectivity index (χ0n) is 11.3. The van der Waals surface area contributed by atoms with E-state index < -0.39 is 5.41 Å². The molecule has 0 unspecified atom stereocenters. The quantitative estimate of drug-likeness (QED) is 0.825. The van der Waals surface area contributed by atoms with Crippen LogP contribution in [0.25, 0.3) is 0 Å². The van der Waals surface area contributed by atoms with Crippen molar-refractivity contribution in [3.05, 3.63) is 35.9 Å². The molecule has 4 heteroatoms. The lowest BCUT2D eigenvalue weighted by atomic mass is 9.72. The molecule has 0 radical (unpaired) electrons. The molecule has 0 atom stereocenters. The summed E-state index contributed by atoms with van der Waals surface area (Å²) in [6.45, 7) is 3.56. The molecule has 1 aliphatic rings. The molecule has 104 valence electrons. The maximum Gasteiger partial charge on any atom is 0.228 e. The van der Waals surface area contributed by atoms with Crippen molar-refractivity contribution in [2.45, 2.75) is 24.7 Å². The van der Waals surface area contributed by atoms with Crippen molar-refractivity contribution < 1.29 is 4.79 Å². The van der Waals surface area contributed by atoms with Gasteiger partial charge in [0, 0.05) is 0 Å². The van der Waals surface area contributed by atoms with Crippen LogP contribution in [0.15, 0.2) is 30.3 Å². The van der Waals surface area contributed by atoms with E-state index in [-0.39, 0.29) is 5.91 Å². The van der Waals surface area contributed by atoms with Crippen LogP contribution in [-0.2, 0) is 10.2 Å². The van der Waals surface area contributed by atoms with Crippen LogP contribution >= 0.6 is 0 Å². The van der Waals surface area contributed by atoms with E-state index in [1.165, 1.54) is 0 Å². The summed E-state index contributed by atoms with van der Waals surface area (Å²) >= 11 is 0. The van der Waals surface area contributed by atoms with Gasteiger partial charge in [-0.15, -0.1) is 0 Å². The van der Waals surface area contributed by atoms with Gasteiger partial charge in [-0.05, 0) is 51.0 Å². The summed E-state index contributed by atoms with van der Waals surface area (Å²) < 4.78 is 0. The van der Waals surface area contributed by atoms with Crippen molar-refractivity contribution in [3.8, 4) is 0 Å². The van der Waals surface area contributed by atoms with Crippen LogP contribution in [0, 0.1) is 0 Å². The molecular weight excluding hydrogens is 238 g/mol. The number of carbonyl (C=O) groups is 1. The lowest BCUT2D eigenvalue weighted by Gasteiger charge is -2.40. The number of rotatable bonds is 5. The second-order valence-corrected chi connectivity index (χ2v) is 5.30. The second kappa shape index (κ2) is 6.17. The summed E-state index contributed by atoms with van der Waals surface area (Å²) in [7, 11) is 0. The maximum absolute atomic E-state index is 12.0. The minimum atomic E-state index is -0.486. The normalized spacial score (nSPS) is 19.2. The summed E-state index contributed by atoms with van der Waals surface area (Å²) in [4.78, 5) is 14.4. The molecule has 1 fully saturated rings. The predicted octanol–water partition coefficient (Wildman–Crippen LogP) is 0.854. The largest absolute Gasteiger partial charge is 0.369 e. The van der Waals surface area contributed by atoms with Crippen molar-refractivity contribution >= 4 is 5.91 Å². The highest BCUT2D eigenvalue weighted by molar-refractivity contribution is 5.86. The molecule has 4 nitrogen and oxygen atoms in total. The zero-order chi connectivity index (χ0) is 13.7. The number of likely N-dealkylation sites (tertiary alicyclic amines) is 1. The van der Waals surface area contributed by atoms with E-state index in [0.29, 0.717) is 0 Å². The van der Waals surface area contributed by atoms with Crippen molar-refractivity contribution in [1.29, 1.82) is 0 Å². The minimum Gasteiger partial charge on any atom is -0.369 e. The summed E-state index contributed by atoms with van der Waals surface area (Å²) in [5, 5.41) is 0. The summed E-state index contributed by atoms with van der Waals surface area (Å²) in [5.74, 6) is -0.197. The molecule has 2 rings (SSSR count). The van der Waals surface area contributed by atoms with Gasteiger partial charge in [0.15, 0.2) is 0 Å². The van der Waals surface area contributed by atoms with Gasteiger partial charge < -0.3 is 16.4 Å². The summed E-state index contributed by atoms with van der Waals surface area (Å²) in [6.07, 6.45) is 2.61. The van der Waals surface area contributed by atoms with E-state index in [9.17, 15) is 4.79 Å². The van der Waals surface area contributed by atoms with Gasteiger partial charge in [-0.25, -0.2) is 0 Å². The highest BCUT2D eigenvalue weighted by Crippen LogP contribution is 2.35. The van der Waals surface area contributed by atoms with E-state index in [1.807, 2.05) is 30.3 Å². The molecule has 4 N–H and O–H groups in total. The molecule has 19 heavy (non-hydrogen) atoms. The van der Waals surface area contributed by atoms with E-state index in [4.69, 9.17) is 11.5 Å². The lowest BCUT2D eigenvalue weighted by Crippen LogP contribution is -2.50. The fourth-order valence-electron chi connectivity index (χ4n) is 2.91. The Morgan fingerprint density at radius 2 is 1.84 bits per heavy atom. The predicted molar refractivity (Wildman–Crippen MR) is 76.7 cm³/mol. The van der Waals surface area contributed by atoms with E-state index >= 15 is 0 Å². The SMILES string of the molecule is NCCCN1CCC(C(N)=O)(c2ccccc2)CC1. The average Bonchev–Trinajstić information content (AvgIpc) is 2.46. The Balaban J connectivity index is 2.10. The molecule has 1 amide bonds. The van der Waals surface area contributed by atoms with Gasteiger partial charge in [-0.3, -0.25) is 4.79 Å². The van der Waals surface area contributed by atoms with Gasteiger partial charge in [-0.1, -0.05) is 30.3 Å². The second-order valence-electron chi connectivity index (χ2n) is 5.30. The van der Waals surface area contributed by atoms with Crippen LogP contribution in [0.1, 0.15) is 24.8 Å². The summed E-state index contributed by atoms with van der Waals surface area (Å²) in [5.41, 5.74) is 11.8. The third-order valence-electron chi connectivity index (χ3n) is 4.19. The fourth-order valence-corrected chi connectivity index (χ4v) is 2.91. The topological polar surface area (TPSA) is 72.3 Å². The Morgan fingerprint density at radius 1 is 1.21 bits per heavy atom. The van der Waals surface area contributed by atoms with Gasteiger partial charge in [0.05, 0.1) is 5.41 Å². The van der Waals surface area contributed by atoms with Gasteiger partial charge in [0.1, 0.15) is 0 Å². The first-order valence-corrected chi connectivity index (χ1v) is 6.97. The Morgan fingerprint density at radius 3 is 2.37 bits per heavy atom. The standard InChI is InChI=1S/C15H23N3O/c16-9-4-10-18-11-7-15(8-12-18,14(17)19)13-5-2-1-3-6-13/h1-3,5-6H,4,7-12,16H2,(H2,17,19). The number of primary amides is 1. The van der Waals surface area contributed by atoms with E-state index in [0.717, 1.165) is 51.0 Å². The lowest BCUT2D eigenvalue weighted by molar-refractivity contribution is -0.125. The number of nitrogens with two attached hydrogens (primary N) is 2. The highest BCUT2D eigenvalue weighted by Gasteiger charge is 2.41. The van der Waals surface area contributed by atoms with E-state index in [1.54, 1.807) is 0 Å². The number of hydrogen-bond donors (Lipinski definition) is 2. The fraction of sp³-hybridized carbons (Fsp3) is 0.533.